The first-order valence-electron chi connectivity index (χ1n) is 10.4. The molecule has 2 aliphatic rings. The molecule has 2 aromatic heterocycles. The molecule has 11 heteroatoms. The van der Waals surface area contributed by atoms with Gasteiger partial charge in [0.25, 0.3) is 0 Å². The van der Waals surface area contributed by atoms with Crippen molar-refractivity contribution in [2.45, 2.75) is 44.7 Å². The Labute approximate surface area is 177 Å². The minimum Gasteiger partial charge on any atom is -0.353 e. The molecule has 2 aromatic rings. The maximum absolute atomic E-state index is 12.4. The van der Waals surface area contributed by atoms with Crippen LogP contribution in [0.25, 0.3) is 11.2 Å². The predicted octanol–water partition coefficient (Wildman–Crippen LogP) is 0.839. The molecule has 1 saturated heterocycles. The molecule has 0 aromatic carbocycles. The maximum Gasteiger partial charge on any atom is 0.230 e. The van der Waals surface area contributed by atoms with Gasteiger partial charge in [0.2, 0.25) is 21.9 Å². The largest absolute Gasteiger partial charge is 0.353 e. The van der Waals surface area contributed by atoms with Crippen LogP contribution in [-0.2, 0) is 10.0 Å². The molecule has 4 rings (SSSR count). The molecule has 1 aliphatic heterocycles. The van der Waals surface area contributed by atoms with E-state index in [0.29, 0.717) is 23.6 Å². The Balaban J connectivity index is 1.50. The number of rotatable bonds is 9. The first-order chi connectivity index (χ1) is 14.3. The second-order valence-electron chi connectivity index (χ2n) is 8.16. The molecule has 2 fully saturated rings. The van der Waals surface area contributed by atoms with Crippen LogP contribution in [-0.4, -0.2) is 72.5 Å². The molecule has 0 amide bonds. The van der Waals surface area contributed by atoms with Crippen molar-refractivity contribution < 1.29 is 8.42 Å². The van der Waals surface area contributed by atoms with Crippen LogP contribution in [0.5, 0.6) is 0 Å². The lowest BCUT2D eigenvalue weighted by atomic mass is 10.1. The summed E-state index contributed by atoms with van der Waals surface area (Å²) >= 11 is 0. The van der Waals surface area contributed by atoms with Gasteiger partial charge in [-0.3, -0.25) is 0 Å². The van der Waals surface area contributed by atoms with Gasteiger partial charge in [0, 0.05) is 37.8 Å². The summed E-state index contributed by atoms with van der Waals surface area (Å²) in [5.41, 5.74) is 2.22. The Kier molecular flexibility index (Phi) is 5.94. The van der Waals surface area contributed by atoms with E-state index < -0.39 is 10.0 Å². The Bertz CT molecular complexity index is 1020. The highest BCUT2D eigenvalue weighted by molar-refractivity contribution is 7.89. The van der Waals surface area contributed by atoms with Crippen LogP contribution < -0.4 is 20.3 Å². The number of hydrogen-bond acceptors (Lipinski definition) is 8. The third-order valence-corrected chi connectivity index (χ3v) is 7.11. The second kappa shape index (κ2) is 8.48. The lowest BCUT2D eigenvalue weighted by Gasteiger charge is -2.39. The van der Waals surface area contributed by atoms with Crippen molar-refractivity contribution in [2.75, 3.05) is 42.7 Å². The minimum atomic E-state index is -3.35. The van der Waals surface area contributed by atoms with Gasteiger partial charge in [0.1, 0.15) is 0 Å². The Hall–Kier alpha value is -2.24. The first kappa shape index (κ1) is 21.0. The number of nitrogens with one attached hydrogen (secondary N) is 3. The van der Waals surface area contributed by atoms with E-state index in [1.54, 1.807) is 4.52 Å². The summed E-state index contributed by atoms with van der Waals surface area (Å²) in [7, 11) is -1.41. The normalized spacial score (nSPS) is 18.1. The number of anilines is 2. The Morgan fingerprint density at radius 2 is 1.97 bits per heavy atom. The summed E-state index contributed by atoms with van der Waals surface area (Å²) in [5, 5.41) is 10.9. The highest BCUT2D eigenvalue weighted by Gasteiger charge is 2.28. The Morgan fingerprint density at radius 1 is 1.23 bits per heavy atom. The third kappa shape index (κ3) is 4.57. The van der Waals surface area contributed by atoms with Crippen molar-refractivity contribution in [1.82, 2.24) is 29.6 Å². The number of hydrogen-bond donors (Lipinski definition) is 3. The third-order valence-electron chi connectivity index (χ3n) is 5.68. The summed E-state index contributed by atoms with van der Waals surface area (Å²) < 4.78 is 29.2. The summed E-state index contributed by atoms with van der Waals surface area (Å²) in [6, 6.07) is 2.36. The molecular formula is C19H30N8O2S. The fourth-order valence-corrected chi connectivity index (χ4v) is 5.05. The molecule has 0 bridgehead atoms. The van der Waals surface area contributed by atoms with Crippen molar-refractivity contribution in [3.63, 3.8) is 0 Å². The zero-order chi connectivity index (χ0) is 21.3. The van der Waals surface area contributed by atoms with Crippen LogP contribution in [0.2, 0.25) is 0 Å². The van der Waals surface area contributed by atoms with Crippen LogP contribution in [0.3, 0.4) is 0 Å². The number of nitrogens with zero attached hydrogens (tertiary/aromatic N) is 5. The molecule has 0 spiro atoms. The molecule has 164 valence electrons. The van der Waals surface area contributed by atoms with Crippen LogP contribution in [0.4, 0.5) is 11.9 Å². The number of aromatic nitrogens is 4. The second-order valence-corrected chi connectivity index (χ2v) is 10.0. The molecule has 1 saturated carbocycles. The van der Waals surface area contributed by atoms with Crippen LogP contribution in [0.15, 0.2) is 12.6 Å². The quantitative estimate of drug-likeness (QED) is 0.532. The fourth-order valence-electron chi connectivity index (χ4n) is 3.82. The molecule has 1 aliphatic carbocycles. The van der Waals surface area contributed by atoms with Crippen molar-refractivity contribution in [2.24, 2.45) is 0 Å². The van der Waals surface area contributed by atoms with Crippen LogP contribution >= 0.6 is 0 Å². The Morgan fingerprint density at radius 3 is 2.63 bits per heavy atom. The molecular weight excluding hydrogens is 404 g/mol. The SMILES string of the molecule is C=C(C)c1cc2nc(N3CC(NC)C3)nc(NCCS(=O)(=O)NC3CCCC3)n2n1. The average molecular weight is 435 g/mol. The summed E-state index contributed by atoms with van der Waals surface area (Å²) in [4.78, 5) is 11.3. The van der Waals surface area contributed by atoms with E-state index >= 15 is 0 Å². The highest BCUT2D eigenvalue weighted by Crippen LogP contribution is 2.22. The van der Waals surface area contributed by atoms with Crippen molar-refractivity contribution in [3.8, 4) is 0 Å². The van der Waals surface area contributed by atoms with Crippen LogP contribution in [0, 0.1) is 0 Å². The molecule has 0 radical (unpaired) electrons. The molecule has 0 unspecified atom stereocenters. The molecule has 0 atom stereocenters. The number of sulfonamides is 1. The van der Waals surface area contributed by atoms with Gasteiger partial charge in [-0.1, -0.05) is 19.4 Å². The van der Waals surface area contributed by atoms with Gasteiger partial charge in [-0.25, -0.2) is 13.1 Å². The van der Waals surface area contributed by atoms with Gasteiger partial charge < -0.3 is 15.5 Å². The zero-order valence-electron chi connectivity index (χ0n) is 17.6. The summed E-state index contributed by atoms with van der Waals surface area (Å²) in [5.74, 6) is 1.06. The standard InChI is InChI=1S/C19H30N8O2S/c1-13(2)16-10-17-22-19(26-11-15(12-26)20-3)23-18(27(17)24-16)21-8-9-30(28,29)25-14-6-4-5-7-14/h10,14-15,20,25H,1,4-9,11-12H2,2-3H3,(H,21,22,23). The van der Waals surface area contributed by atoms with E-state index in [-0.39, 0.29) is 18.3 Å². The van der Waals surface area contributed by atoms with Gasteiger partial charge in [0.05, 0.1) is 11.4 Å². The number of fused-ring (bicyclic) bond motifs is 1. The van der Waals surface area contributed by atoms with E-state index in [1.807, 2.05) is 20.0 Å². The van der Waals surface area contributed by atoms with E-state index in [1.165, 1.54) is 0 Å². The average Bonchev–Trinajstić information content (AvgIpc) is 3.29. The van der Waals surface area contributed by atoms with Gasteiger partial charge in [-0.15, -0.1) is 0 Å². The summed E-state index contributed by atoms with van der Waals surface area (Å²) in [6.07, 6.45) is 4.01. The minimum absolute atomic E-state index is 0.0233. The highest BCUT2D eigenvalue weighted by atomic mass is 32.2. The van der Waals surface area contributed by atoms with Crippen molar-refractivity contribution >= 4 is 33.1 Å². The lowest BCUT2D eigenvalue weighted by molar-refractivity contribution is 0.443. The van der Waals surface area contributed by atoms with E-state index in [4.69, 9.17) is 0 Å². The maximum atomic E-state index is 12.4. The van der Waals surface area contributed by atoms with E-state index in [2.05, 4.69) is 41.9 Å². The molecule has 30 heavy (non-hydrogen) atoms. The molecule has 10 nitrogen and oxygen atoms in total. The van der Waals surface area contributed by atoms with Gasteiger partial charge in [0.15, 0.2) is 5.65 Å². The van der Waals surface area contributed by atoms with E-state index in [0.717, 1.165) is 50.0 Å². The van der Waals surface area contributed by atoms with Gasteiger partial charge in [-0.2, -0.15) is 19.6 Å². The van der Waals surface area contributed by atoms with Crippen molar-refractivity contribution in [1.29, 1.82) is 0 Å². The smallest absolute Gasteiger partial charge is 0.230 e. The predicted molar refractivity (Wildman–Crippen MR) is 118 cm³/mol. The molecule has 3 N–H and O–H groups in total. The zero-order valence-corrected chi connectivity index (χ0v) is 18.4. The molecule has 3 heterocycles. The van der Waals surface area contributed by atoms with E-state index in [9.17, 15) is 8.42 Å². The fraction of sp³-hybridized carbons (Fsp3) is 0.632. The first-order valence-corrected chi connectivity index (χ1v) is 12.1. The lowest BCUT2D eigenvalue weighted by Crippen LogP contribution is -2.57. The van der Waals surface area contributed by atoms with Crippen LogP contribution in [0.1, 0.15) is 38.3 Å². The topological polar surface area (TPSA) is 117 Å². The number of likely N-dealkylation sites (N-methyl/N-ethyl adjacent to an activating group) is 1. The number of allylic oxidation sites excluding steroid dienone is 1. The monoisotopic (exact) mass is 434 g/mol. The van der Waals surface area contributed by atoms with Gasteiger partial charge >= 0.3 is 0 Å². The van der Waals surface area contributed by atoms with Crippen molar-refractivity contribution in [3.05, 3.63) is 18.3 Å². The summed E-state index contributed by atoms with van der Waals surface area (Å²) in [6.45, 7) is 7.72. The van der Waals surface area contributed by atoms with Gasteiger partial charge in [-0.05, 0) is 32.4 Å².